The highest BCUT2D eigenvalue weighted by Gasteiger charge is 2.07. The normalized spacial score (nSPS) is 10.5. The zero-order valence-corrected chi connectivity index (χ0v) is 13.2. The third-order valence-corrected chi connectivity index (χ3v) is 3.60. The molecule has 2 aromatic carbocycles. The summed E-state index contributed by atoms with van der Waals surface area (Å²) in [5, 5.41) is 0. The van der Waals surface area contributed by atoms with Crippen molar-refractivity contribution in [3.63, 3.8) is 0 Å². The van der Waals surface area contributed by atoms with Crippen LogP contribution in [0.1, 0.15) is 0 Å². The van der Waals surface area contributed by atoms with E-state index in [1.165, 1.54) is 0 Å². The Balaban J connectivity index is 2.25. The van der Waals surface area contributed by atoms with Crippen molar-refractivity contribution in [3.05, 3.63) is 91.7 Å². The van der Waals surface area contributed by atoms with Crippen molar-refractivity contribution in [2.75, 3.05) is 23.9 Å². The van der Waals surface area contributed by atoms with Crippen molar-refractivity contribution in [1.29, 1.82) is 0 Å². The van der Waals surface area contributed by atoms with Gasteiger partial charge in [0.05, 0.1) is 0 Å². The maximum absolute atomic E-state index is 4.08. The van der Waals surface area contributed by atoms with Gasteiger partial charge >= 0.3 is 0 Å². The van der Waals surface area contributed by atoms with Gasteiger partial charge in [0.25, 0.3) is 0 Å². The van der Waals surface area contributed by atoms with Gasteiger partial charge in [0.1, 0.15) is 0 Å². The Morgan fingerprint density at radius 2 is 1.55 bits per heavy atom. The Morgan fingerprint density at radius 3 is 2.23 bits per heavy atom. The highest BCUT2D eigenvalue weighted by atomic mass is 15.1. The summed E-state index contributed by atoms with van der Waals surface area (Å²) in [5.41, 5.74) is 4.31. The van der Waals surface area contributed by atoms with E-state index in [-0.39, 0.29) is 0 Å². The van der Waals surface area contributed by atoms with Crippen molar-refractivity contribution < 1.29 is 0 Å². The van der Waals surface area contributed by atoms with Gasteiger partial charge in [0.15, 0.2) is 0 Å². The molecule has 0 aliphatic heterocycles. The van der Waals surface area contributed by atoms with Gasteiger partial charge in [-0.25, -0.2) is 0 Å². The molecule has 22 heavy (non-hydrogen) atoms. The number of allylic oxidation sites excluding steroid dienone is 3. The van der Waals surface area contributed by atoms with Gasteiger partial charge < -0.3 is 9.80 Å². The number of anilines is 3. The van der Waals surface area contributed by atoms with Crippen molar-refractivity contribution in [2.45, 2.75) is 0 Å². The van der Waals surface area contributed by atoms with Crippen LogP contribution in [-0.4, -0.2) is 14.1 Å². The monoisotopic (exact) mass is 290 g/mol. The van der Waals surface area contributed by atoms with Gasteiger partial charge in [0.2, 0.25) is 0 Å². The van der Waals surface area contributed by atoms with E-state index in [0.717, 1.165) is 22.8 Å². The summed E-state index contributed by atoms with van der Waals surface area (Å²) in [6.07, 6.45) is 5.58. The first kappa shape index (κ1) is 15.6. The molecule has 0 aliphatic carbocycles. The van der Waals surface area contributed by atoms with E-state index in [0.29, 0.717) is 0 Å². The second-order valence-electron chi connectivity index (χ2n) is 5.06. The van der Waals surface area contributed by atoms with Crippen LogP contribution in [0, 0.1) is 0 Å². The molecule has 2 nitrogen and oxygen atoms in total. The van der Waals surface area contributed by atoms with Gasteiger partial charge in [-0.1, -0.05) is 49.6 Å². The lowest BCUT2D eigenvalue weighted by molar-refractivity contribution is 1.13. The first-order valence-electron chi connectivity index (χ1n) is 7.24. The van der Waals surface area contributed by atoms with Crippen LogP contribution < -0.4 is 9.80 Å². The summed E-state index contributed by atoms with van der Waals surface area (Å²) in [7, 11) is 4.08. The van der Waals surface area contributed by atoms with Crippen LogP contribution in [0.3, 0.4) is 0 Å². The average molecular weight is 290 g/mol. The lowest BCUT2D eigenvalue weighted by Crippen LogP contribution is -2.15. The SMILES string of the molecule is C=C/C=C\C(=C)N(C)c1cccc(N(C)c2ccccc2)c1. The van der Waals surface area contributed by atoms with Crippen LogP contribution in [0.2, 0.25) is 0 Å². The summed E-state index contributed by atoms with van der Waals surface area (Å²) in [6.45, 7) is 7.76. The molecule has 2 aromatic rings. The molecule has 0 amide bonds. The summed E-state index contributed by atoms with van der Waals surface area (Å²) in [6, 6.07) is 18.7. The molecule has 0 spiro atoms. The molecule has 112 valence electrons. The number of nitrogens with zero attached hydrogens (tertiary/aromatic N) is 2. The highest BCUT2D eigenvalue weighted by molar-refractivity contribution is 5.68. The Bertz CT molecular complexity index is 671. The third-order valence-electron chi connectivity index (χ3n) is 3.60. The van der Waals surface area contributed by atoms with Crippen LogP contribution in [0.25, 0.3) is 0 Å². The lowest BCUT2D eigenvalue weighted by atomic mass is 10.2. The fourth-order valence-corrected chi connectivity index (χ4v) is 2.17. The molecule has 0 N–H and O–H groups in total. The highest BCUT2D eigenvalue weighted by Crippen LogP contribution is 2.28. The third kappa shape index (κ3) is 3.67. The minimum absolute atomic E-state index is 0.916. The summed E-state index contributed by atoms with van der Waals surface area (Å²) >= 11 is 0. The number of hydrogen-bond acceptors (Lipinski definition) is 2. The minimum atomic E-state index is 0.916. The molecule has 0 radical (unpaired) electrons. The van der Waals surface area contributed by atoms with Crippen LogP contribution in [0.15, 0.2) is 91.7 Å². The van der Waals surface area contributed by atoms with Crippen LogP contribution >= 0.6 is 0 Å². The molecule has 0 unspecified atom stereocenters. The van der Waals surface area contributed by atoms with E-state index in [2.05, 4.69) is 66.4 Å². The van der Waals surface area contributed by atoms with Gasteiger partial charge in [-0.05, 0) is 36.4 Å². The maximum atomic E-state index is 4.08. The van der Waals surface area contributed by atoms with Gasteiger partial charge in [-0.3, -0.25) is 0 Å². The molecule has 2 rings (SSSR count). The predicted molar refractivity (Wildman–Crippen MR) is 97.8 cm³/mol. The first-order chi connectivity index (χ1) is 10.6. The molecular formula is C20H22N2. The van der Waals surface area contributed by atoms with E-state index in [4.69, 9.17) is 0 Å². The standard InChI is InChI=1S/C20H22N2/c1-5-6-11-17(2)21(3)19-14-10-15-20(16-19)22(4)18-12-8-7-9-13-18/h5-16H,1-2H2,3-4H3/b11-6-. The molecule has 0 saturated carbocycles. The summed E-state index contributed by atoms with van der Waals surface area (Å²) < 4.78 is 0. The van der Waals surface area contributed by atoms with Crippen molar-refractivity contribution >= 4 is 17.1 Å². The summed E-state index contributed by atoms with van der Waals surface area (Å²) in [5.74, 6) is 0. The molecule has 0 atom stereocenters. The molecule has 0 aliphatic rings. The quantitative estimate of drug-likeness (QED) is 0.679. The van der Waals surface area contributed by atoms with E-state index in [1.54, 1.807) is 6.08 Å². The molecule has 0 saturated heterocycles. The topological polar surface area (TPSA) is 6.48 Å². The lowest BCUT2D eigenvalue weighted by Gasteiger charge is -2.24. The molecule has 0 heterocycles. The number of hydrogen-bond donors (Lipinski definition) is 0. The number of benzene rings is 2. The van der Waals surface area contributed by atoms with Gasteiger partial charge in [-0.2, -0.15) is 0 Å². The second kappa shape index (κ2) is 7.32. The zero-order chi connectivity index (χ0) is 15.9. The number of likely N-dealkylation sites (N-methyl/N-ethyl adjacent to an activating group) is 1. The van der Waals surface area contributed by atoms with E-state index in [1.807, 2.05) is 37.4 Å². The first-order valence-corrected chi connectivity index (χ1v) is 7.24. The number of rotatable bonds is 6. The zero-order valence-electron chi connectivity index (χ0n) is 13.2. The average Bonchev–Trinajstić information content (AvgIpc) is 2.59. The fourth-order valence-electron chi connectivity index (χ4n) is 2.17. The maximum Gasteiger partial charge on any atom is 0.0429 e. The number of para-hydroxylation sites is 1. The van der Waals surface area contributed by atoms with Crippen molar-refractivity contribution in [2.24, 2.45) is 0 Å². The Kier molecular flexibility index (Phi) is 5.21. The fraction of sp³-hybridized carbons (Fsp3) is 0.100. The Morgan fingerprint density at radius 1 is 0.909 bits per heavy atom. The van der Waals surface area contributed by atoms with E-state index in [9.17, 15) is 0 Å². The Hall–Kier alpha value is -2.74. The van der Waals surface area contributed by atoms with Gasteiger partial charge in [0, 0.05) is 36.9 Å². The molecule has 0 fully saturated rings. The Labute approximate surface area is 133 Å². The molecule has 0 bridgehead atoms. The summed E-state index contributed by atoms with van der Waals surface area (Å²) in [4.78, 5) is 4.22. The van der Waals surface area contributed by atoms with E-state index < -0.39 is 0 Å². The van der Waals surface area contributed by atoms with Crippen LogP contribution in [0.5, 0.6) is 0 Å². The largest absolute Gasteiger partial charge is 0.345 e. The molecular weight excluding hydrogens is 268 g/mol. The second-order valence-corrected chi connectivity index (χ2v) is 5.06. The smallest absolute Gasteiger partial charge is 0.0429 e. The molecule has 2 heteroatoms. The van der Waals surface area contributed by atoms with Crippen molar-refractivity contribution in [3.8, 4) is 0 Å². The van der Waals surface area contributed by atoms with Crippen LogP contribution in [-0.2, 0) is 0 Å². The molecule has 0 aromatic heterocycles. The van der Waals surface area contributed by atoms with Crippen molar-refractivity contribution in [1.82, 2.24) is 0 Å². The van der Waals surface area contributed by atoms with Crippen LogP contribution in [0.4, 0.5) is 17.1 Å². The van der Waals surface area contributed by atoms with E-state index >= 15 is 0 Å². The predicted octanol–water partition coefficient (Wildman–Crippen LogP) is 5.15. The minimum Gasteiger partial charge on any atom is -0.345 e. The van der Waals surface area contributed by atoms with Gasteiger partial charge in [-0.15, -0.1) is 0 Å².